The Morgan fingerprint density at radius 3 is 2.78 bits per heavy atom. The monoisotopic (exact) mass is 379 g/mol. The highest BCUT2D eigenvalue weighted by Gasteiger charge is 2.35. The van der Waals surface area contributed by atoms with Gasteiger partial charge in [-0.3, -0.25) is 0 Å². The summed E-state index contributed by atoms with van der Waals surface area (Å²) in [5.74, 6) is -0.112. The van der Waals surface area contributed by atoms with E-state index in [1.807, 2.05) is 6.07 Å². The van der Waals surface area contributed by atoms with Gasteiger partial charge in [-0.05, 0) is 13.0 Å². The number of alkyl halides is 3. The number of hydrogen-bond acceptors (Lipinski definition) is 8. The first kappa shape index (κ1) is 18.7. The van der Waals surface area contributed by atoms with E-state index in [-0.39, 0.29) is 29.3 Å². The molecule has 142 valence electrons. The molecule has 2 aromatic heterocycles. The zero-order valence-electron chi connectivity index (χ0n) is 14.3. The Hall–Kier alpha value is -3.13. The number of pyridine rings is 1. The van der Waals surface area contributed by atoms with Crippen LogP contribution < -0.4 is 20.7 Å². The Bertz CT molecular complexity index is 860. The number of nitrogens with one attached hydrogen (secondary N) is 3. The molecule has 1 fully saturated rings. The second-order valence-corrected chi connectivity index (χ2v) is 5.74. The lowest BCUT2D eigenvalue weighted by molar-refractivity contribution is -0.137. The summed E-state index contributed by atoms with van der Waals surface area (Å²) >= 11 is 0. The van der Waals surface area contributed by atoms with E-state index in [9.17, 15) is 18.4 Å². The Morgan fingerprint density at radius 1 is 1.33 bits per heavy atom. The molecule has 3 heterocycles. The van der Waals surface area contributed by atoms with Crippen molar-refractivity contribution in [2.24, 2.45) is 0 Å². The van der Waals surface area contributed by atoms with Crippen molar-refractivity contribution in [3.05, 3.63) is 29.7 Å². The minimum Gasteiger partial charge on any atom is -0.486 e. The van der Waals surface area contributed by atoms with E-state index >= 15 is 0 Å². The molecule has 0 radical (unpaired) electrons. The van der Waals surface area contributed by atoms with E-state index in [4.69, 9.17) is 4.74 Å². The van der Waals surface area contributed by atoms with Crippen molar-refractivity contribution in [2.75, 3.05) is 30.8 Å². The van der Waals surface area contributed by atoms with Crippen molar-refractivity contribution in [1.82, 2.24) is 20.3 Å². The summed E-state index contributed by atoms with van der Waals surface area (Å²) in [6.07, 6.45) is -1.79. The van der Waals surface area contributed by atoms with Crippen molar-refractivity contribution >= 4 is 17.5 Å². The summed E-state index contributed by atoms with van der Waals surface area (Å²) in [7, 11) is 1.34. The first-order valence-electron chi connectivity index (χ1n) is 8.07. The van der Waals surface area contributed by atoms with Crippen LogP contribution in [0.15, 0.2) is 18.5 Å². The highest BCUT2D eigenvalue weighted by Crippen LogP contribution is 2.34. The van der Waals surface area contributed by atoms with Gasteiger partial charge in [0, 0.05) is 25.9 Å². The quantitative estimate of drug-likeness (QED) is 0.726. The summed E-state index contributed by atoms with van der Waals surface area (Å²) < 4.78 is 44.6. The van der Waals surface area contributed by atoms with E-state index in [1.54, 1.807) is 6.07 Å². The average molecular weight is 379 g/mol. The first-order chi connectivity index (χ1) is 12.9. The third kappa shape index (κ3) is 4.35. The third-order valence-corrected chi connectivity index (χ3v) is 3.85. The number of hydrogen-bond donors (Lipinski definition) is 3. The predicted octanol–water partition coefficient (Wildman–Crippen LogP) is 2.29. The van der Waals surface area contributed by atoms with Gasteiger partial charge in [-0.25, -0.2) is 9.97 Å². The molecular formula is C16H16F3N7O. The van der Waals surface area contributed by atoms with E-state index in [0.29, 0.717) is 18.4 Å². The summed E-state index contributed by atoms with van der Waals surface area (Å²) in [6.45, 7) is 1.49. The summed E-state index contributed by atoms with van der Waals surface area (Å²) in [5.41, 5.74) is -0.459. The number of rotatable bonds is 5. The maximum Gasteiger partial charge on any atom is 0.421 e. The van der Waals surface area contributed by atoms with Crippen molar-refractivity contribution in [3.63, 3.8) is 0 Å². The smallest absolute Gasteiger partial charge is 0.421 e. The van der Waals surface area contributed by atoms with Crippen LogP contribution in [-0.2, 0) is 6.18 Å². The Balaban J connectivity index is 1.84. The second-order valence-electron chi connectivity index (χ2n) is 5.74. The van der Waals surface area contributed by atoms with Crippen molar-refractivity contribution in [2.45, 2.75) is 18.7 Å². The summed E-state index contributed by atoms with van der Waals surface area (Å²) in [6, 6.07) is 3.50. The van der Waals surface area contributed by atoms with Crippen LogP contribution in [0.4, 0.5) is 30.6 Å². The van der Waals surface area contributed by atoms with Crippen LogP contribution in [0.1, 0.15) is 17.7 Å². The maximum absolute atomic E-state index is 12.9. The number of aromatic nitrogens is 3. The van der Waals surface area contributed by atoms with Crippen LogP contribution in [-0.4, -0.2) is 41.2 Å². The molecule has 1 atom stereocenters. The summed E-state index contributed by atoms with van der Waals surface area (Å²) in [5, 5.41) is 17.5. The molecule has 3 N–H and O–H groups in total. The van der Waals surface area contributed by atoms with Gasteiger partial charge in [-0.15, -0.1) is 0 Å². The van der Waals surface area contributed by atoms with Gasteiger partial charge in [0.05, 0.1) is 11.9 Å². The lowest BCUT2D eigenvalue weighted by Gasteiger charge is -2.15. The standard InChI is InChI=1S/C16H16F3N7O/c1-21-14-11(16(17,18)19)8-24-15(26-14)25-9-4-13(12(5-20)23-6-9)27-10-2-3-22-7-10/h4,6,8,10,22H,2-3,7H2,1H3,(H2,21,24,25,26)/t10-/m0/s1. The highest BCUT2D eigenvalue weighted by atomic mass is 19.4. The summed E-state index contributed by atoms with van der Waals surface area (Å²) in [4.78, 5) is 11.5. The highest BCUT2D eigenvalue weighted by molar-refractivity contribution is 5.59. The maximum atomic E-state index is 12.9. The molecule has 3 rings (SSSR count). The first-order valence-corrected chi connectivity index (χ1v) is 8.07. The van der Waals surface area contributed by atoms with Gasteiger partial charge in [0.2, 0.25) is 5.95 Å². The van der Waals surface area contributed by atoms with Gasteiger partial charge in [-0.2, -0.15) is 23.4 Å². The van der Waals surface area contributed by atoms with Crippen molar-refractivity contribution < 1.29 is 17.9 Å². The van der Waals surface area contributed by atoms with Crippen LogP contribution in [0.3, 0.4) is 0 Å². The molecule has 8 nitrogen and oxygen atoms in total. The topological polar surface area (TPSA) is 108 Å². The zero-order valence-corrected chi connectivity index (χ0v) is 14.3. The fourth-order valence-corrected chi connectivity index (χ4v) is 2.56. The molecule has 0 aromatic carbocycles. The van der Waals surface area contributed by atoms with Gasteiger partial charge in [0.1, 0.15) is 23.6 Å². The molecule has 0 aliphatic carbocycles. The van der Waals surface area contributed by atoms with Crippen LogP contribution in [0.25, 0.3) is 0 Å². The van der Waals surface area contributed by atoms with Gasteiger partial charge >= 0.3 is 6.18 Å². The van der Waals surface area contributed by atoms with E-state index in [2.05, 4.69) is 30.9 Å². The largest absolute Gasteiger partial charge is 0.486 e. The molecule has 27 heavy (non-hydrogen) atoms. The van der Waals surface area contributed by atoms with E-state index in [0.717, 1.165) is 13.0 Å². The minimum absolute atomic E-state index is 0.0488. The Labute approximate surface area is 152 Å². The van der Waals surface area contributed by atoms with Gasteiger partial charge in [-0.1, -0.05) is 0 Å². The molecule has 1 aliphatic rings. The van der Waals surface area contributed by atoms with Gasteiger partial charge in [0.25, 0.3) is 0 Å². The molecule has 11 heteroatoms. The SMILES string of the molecule is CNc1nc(Nc2cnc(C#N)c(O[C@H]3CCNC3)c2)ncc1C(F)(F)F. The van der Waals surface area contributed by atoms with Gasteiger partial charge in [0.15, 0.2) is 11.4 Å². The van der Waals surface area contributed by atoms with Crippen LogP contribution in [0, 0.1) is 11.3 Å². The average Bonchev–Trinajstić information content (AvgIpc) is 3.14. The van der Waals surface area contributed by atoms with E-state index < -0.39 is 11.7 Å². The predicted molar refractivity (Wildman–Crippen MR) is 90.7 cm³/mol. The third-order valence-electron chi connectivity index (χ3n) is 3.85. The molecule has 0 amide bonds. The molecule has 0 unspecified atom stereocenters. The van der Waals surface area contributed by atoms with E-state index in [1.165, 1.54) is 13.2 Å². The molecular weight excluding hydrogens is 363 g/mol. The molecule has 2 aromatic rings. The molecule has 0 spiro atoms. The van der Waals surface area contributed by atoms with Crippen LogP contribution >= 0.6 is 0 Å². The zero-order chi connectivity index (χ0) is 19.4. The minimum atomic E-state index is -4.57. The Morgan fingerprint density at radius 2 is 2.15 bits per heavy atom. The number of halogens is 3. The number of ether oxygens (including phenoxy) is 1. The fourth-order valence-electron chi connectivity index (χ4n) is 2.56. The van der Waals surface area contributed by atoms with Gasteiger partial charge < -0.3 is 20.7 Å². The molecule has 0 saturated carbocycles. The van der Waals surface area contributed by atoms with Crippen molar-refractivity contribution in [1.29, 1.82) is 5.26 Å². The van der Waals surface area contributed by atoms with Crippen LogP contribution in [0.5, 0.6) is 5.75 Å². The fraction of sp³-hybridized carbons (Fsp3) is 0.375. The molecule has 1 aliphatic heterocycles. The second kappa shape index (κ2) is 7.63. The number of nitriles is 1. The number of nitrogens with zero attached hydrogens (tertiary/aromatic N) is 4. The molecule has 1 saturated heterocycles. The lowest BCUT2D eigenvalue weighted by Crippen LogP contribution is -2.20. The van der Waals surface area contributed by atoms with Crippen LogP contribution in [0.2, 0.25) is 0 Å². The van der Waals surface area contributed by atoms with Crippen molar-refractivity contribution in [3.8, 4) is 11.8 Å². The Kier molecular flexibility index (Phi) is 5.27. The number of anilines is 3. The lowest BCUT2D eigenvalue weighted by atomic mass is 10.3. The molecule has 0 bridgehead atoms. The normalized spacial score (nSPS) is 16.6.